The number of fused-ring (bicyclic) bond motifs is 4. The fourth-order valence-electron chi connectivity index (χ4n) is 5.98. The van der Waals surface area contributed by atoms with Gasteiger partial charge in [0.15, 0.2) is 21.2 Å². The molecule has 5 rings (SSSR count). The number of phenols is 1. The van der Waals surface area contributed by atoms with E-state index < -0.39 is 57.0 Å². The van der Waals surface area contributed by atoms with Crippen molar-refractivity contribution in [2.45, 2.75) is 22.6 Å². The number of phenolic OH excluding ortho intramolecular Hbond substituents is 1. The number of methoxy groups -OCH3 is 1. The highest BCUT2D eigenvalue weighted by Gasteiger charge is 2.75. The second-order valence-corrected chi connectivity index (χ2v) is 10.6. The monoisotopic (exact) mass is 520 g/mol. The summed E-state index contributed by atoms with van der Waals surface area (Å²) in [7, 11) is 2.72. The lowest BCUT2D eigenvalue weighted by Gasteiger charge is -2.49. The van der Waals surface area contributed by atoms with Crippen LogP contribution in [0.25, 0.3) is 6.08 Å². The van der Waals surface area contributed by atoms with Crippen LogP contribution in [0.3, 0.4) is 0 Å². The van der Waals surface area contributed by atoms with E-state index >= 15 is 0 Å². The van der Waals surface area contributed by atoms with Gasteiger partial charge >= 0.3 is 0 Å². The van der Waals surface area contributed by atoms with Crippen LogP contribution in [0.1, 0.15) is 18.4 Å². The molecule has 0 bridgehead atoms. The standard InChI is InChI=1S/C24H22Cl2N2O7/c1-27-21(32)23(25)10-14-12(5-6-13-18(14)20(31)28(34)19(13)30)15(24(23,26)22(27)33)7-3-11-4-8-16(29)17(9-11)35-2/h3-5,7-9,13-15,18,29,34H,6,10H2,1-2H3. The first-order chi connectivity index (χ1) is 16.5. The fourth-order valence-corrected chi connectivity index (χ4v) is 6.96. The molecule has 11 heteroatoms. The Balaban J connectivity index is 1.65. The van der Waals surface area contributed by atoms with Gasteiger partial charge in [0, 0.05) is 13.0 Å². The minimum absolute atomic E-state index is 0.0480. The third kappa shape index (κ3) is 2.98. The molecule has 4 aliphatic rings. The zero-order chi connectivity index (χ0) is 25.4. The number of rotatable bonds is 3. The van der Waals surface area contributed by atoms with E-state index in [-0.39, 0.29) is 29.4 Å². The molecule has 1 aromatic rings. The first-order valence-corrected chi connectivity index (χ1v) is 11.7. The summed E-state index contributed by atoms with van der Waals surface area (Å²) in [4.78, 5) is 48.9. The Hall–Kier alpha value is -2.88. The lowest BCUT2D eigenvalue weighted by Crippen LogP contribution is -2.60. The number of imide groups is 2. The number of allylic oxidation sites excluding steroid dienone is 3. The highest BCUT2D eigenvalue weighted by Crippen LogP contribution is 2.62. The number of hydrogen-bond donors (Lipinski definition) is 2. The normalized spacial score (nSPS) is 36.4. The lowest BCUT2D eigenvalue weighted by atomic mass is 9.57. The number of carbonyl (C=O) groups excluding carboxylic acids is 4. The molecule has 6 atom stereocenters. The van der Waals surface area contributed by atoms with Gasteiger partial charge in [0.25, 0.3) is 23.6 Å². The molecule has 2 heterocycles. The number of hydrogen-bond acceptors (Lipinski definition) is 7. The summed E-state index contributed by atoms with van der Waals surface area (Å²) in [5.41, 5.74) is 1.24. The summed E-state index contributed by atoms with van der Waals surface area (Å²) in [5.74, 6) is -5.86. The van der Waals surface area contributed by atoms with Crippen LogP contribution in [0, 0.1) is 23.7 Å². The number of nitrogens with zero attached hydrogens (tertiary/aromatic N) is 2. The van der Waals surface area contributed by atoms with Gasteiger partial charge in [-0.3, -0.25) is 29.3 Å². The molecule has 3 fully saturated rings. The van der Waals surface area contributed by atoms with E-state index in [9.17, 15) is 29.5 Å². The molecule has 0 aromatic heterocycles. The predicted molar refractivity (Wildman–Crippen MR) is 124 cm³/mol. The quantitative estimate of drug-likeness (QED) is 0.271. The second-order valence-electron chi connectivity index (χ2n) is 9.32. The summed E-state index contributed by atoms with van der Waals surface area (Å²) in [6.45, 7) is 0. The van der Waals surface area contributed by atoms with E-state index in [0.29, 0.717) is 11.1 Å². The minimum atomic E-state index is -1.86. The molecule has 35 heavy (non-hydrogen) atoms. The van der Waals surface area contributed by atoms with Gasteiger partial charge in [-0.25, -0.2) is 0 Å². The molecule has 0 spiro atoms. The average molecular weight is 521 g/mol. The Morgan fingerprint density at radius 1 is 1.11 bits per heavy atom. The zero-order valence-electron chi connectivity index (χ0n) is 18.8. The lowest BCUT2D eigenvalue weighted by molar-refractivity contribution is -0.173. The van der Waals surface area contributed by atoms with Crippen LogP contribution in [-0.4, -0.2) is 67.8 Å². The summed E-state index contributed by atoms with van der Waals surface area (Å²) >= 11 is 13.9. The molecule has 1 saturated carbocycles. The van der Waals surface area contributed by atoms with E-state index in [1.807, 2.05) is 0 Å². The number of hydroxylamine groups is 2. The third-order valence-electron chi connectivity index (χ3n) is 7.73. The molecule has 2 N–H and O–H groups in total. The first-order valence-electron chi connectivity index (χ1n) is 11.0. The van der Waals surface area contributed by atoms with Crippen LogP contribution < -0.4 is 4.74 Å². The summed E-state index contributed by atoms with van der Waals surface area (Å²) in [6, 6.07) is 4.67. The van der Waals surface area contributed by atoms with Crippen LogP contribution in [0.2, 0.25) is 0 Å². The fraction of sp³-hybridized carbons (Fsp3) is 0.417. The van der Waals surface area contributed by atoms with Crippen molar-refractivity contribution in [3.8, 4) is 11.5 Å². The molecular weight excluding hydrogens is 499 g/mol. The van der Waals surface area contributed by atoms with E-state index in [1.165, 1.54) is 20.2 Å². The Morgan fingerprint density at radius 3 is 2.51 bits per heavy atom. The molecule has 1 aromatic carbocycles. The molecule has 2 aliphatic carbocycles. The Labute approximate surface area is 210 Å². The molecule has 0 radical (unpaired) electrons. The minimum Gasteiger partial charge on any atom is -0.504 e. The third-order valence-corrected chi connectivity index (χ3v) is 9.16. The number of benzene rings is 1. The van der Waals surface area contributed by atoms with Crippen molar-refractivity contribution in [2.24, 2.45) is 23.7 Å². The number of ether oxygens (including phenoxy) is 1. The van der Waals surface area contributed by atoms with Crippen molar-refractivity contribution in [2.75, 3.05) is 14.2 Å². The van der Waals surface area contributed by atoms with Crippen LogP contribution in [0.4, 0.5) is 0 Å². The Kier molecular flexibility index (Phi) is 5.32. The molecule has 9 nitrogen and oxygen atoms in total. The smallest absolute Gasteiger partial charge is 0.257 e. The van der Waals surface area contributed by atoms with Crippen molar-refractivity contribution in [1.29, 1.82) is 0 Å². The van der Waals surface area contributed by atoms with Crippen molar-refractivity contribution in [3.05, 3.63) is 41.5 Å². The number of aromatic hydroxyl groups is 1. The van der Waals surface area contributed by atoms with Gasteiger partial charge in [0.05, 0.1) is 18.9 Å². The number of alkyl halides is 2. The van der Waals surface area contributed by atoms with Crippen molar-refractivity contribution in [1.82, 2.24) is 9.96 Å². The van der Waals surface area contributed by atoms with Crippen LogP contribution in [-0.2, 0) is 19.2 Å². The maximum atomic E-state index is 13.3. The second kappa shape index (κ2) is 7.81. The van der Waals surface area contributed by atoms with Gasteiger partial charge in [0.1, 0.15) is 0 Å². The van der Waals surface area contributed by atoms with Gasteiger partial charge in [-0.1, -0.05) is 29.9 Å². The molecule has 4 amide bonds. The molecule has 2 aliphatic heterocycles. The molecular formula is C24H22Cl2N2O7. The molecule has 6 unspecified atom stereocenters. The van der Waals surface area contributed by atoms with Crippen molar-refractivity contribution >= 4 is 52.9 Å². The zero-order valence-corrected chi connectivity index (χ0v) is 20.3. The van der Waals surface area contributed by atoms with E-state index in [2.05, 4.69) is 0 Å². The summed E-state index contributed by atoms with van der Waals surface area (Å²) < 4.78 is 5.15. The predicted octanol–water partition coefficient (Wildman–Crippen LogP) is 2.32. The van der Waals surface area contributed by atoms with E-state index in [4.69, 9.17) is 27.9 Å². The topological polar surface area (TPSA) is 124 Å². The van der Waals surface area contributed by atoms with Gasteiger partial charge < -0.3 is 9.84 Å². The maximum absolute atomic E-state index is 13.3. The highest BCUT2D eigenvalue weighted by atomic mass is 35.5. The largest absolute Gasteiger partial charge is 0.504 e. The molecule has 184 valence electrons. The Morgan fingerprint density at radius 2 is 1.83 bits per heavy atom. The van der Waals surface area contributed by atoms with Crippen LogP contribution in [0.5, 0.6) is 11.5 Å². The summed E-state index contributed by atoms with van der Waals surface area (Å²) in [5, 5.41) is 20.0. The van der Waals surface area contributed by atoms with Gasteiger partial charge in [-0.05, 0) is 36.5 Å². The van der Waals surface area contributed by atoms with Gasteiger partial charge in [-0.15, -0.1) is 23.2 Å². The number of carbonyl (C=O) groups is 4. The van der Waals surface area contributed by atoms with Crippen molar-refractivity contribution in [3.63, 3.8) is 0 Å². The average Bonchev–Trinajstić information content (AvgIpc) is 3.14. The number of amides is 4. The van der Waals surface area contributed by atoms with Crippen LogP contribution >= 0.6 is 23.2 Å². The first kappa shape index (κ1) is 23.8. The molecule has 2 saturated heterocycles. The van der Waals surface area contributed by atoms with Crippen LogP contribution in [0.15, 0.2) is 35.9 Å². The summed E-state index contributed by atoms with van der Waals surface area (Å²) in [6.07, 6.45) is 5.12. The Bertz CT molecular complexity index is 1250. The number of likely N-dealkylation sites (tertiary alicyclic amines) is 1. The van der Waals surface area contributed by atoms with Crippen molar-refractivity contribution < 1.29 is 34.2 Å². The SMILES string of the molecule is COc1cc(C=CC2C3=CCC4C(=O)N(O)C(=O)C4C3CC3(Cl)C(=O)N(C)C(=O)C23Cl)ccc1O. The van der Waals surface area contributed by atoms with Gasteiger partial charge in [0.2, 0.25) is 0 Å². The number of halogens is 2. The highest BCUT2D eigenvalue weighted by molar-refractivity contribution is 6.53. The van der Waals surface area contributed by atoms with E-state index in [1.54, 1.807) is 30.4 Å². The van der Waals surface area contributed by atoms with Gasteiger partial charge in [-0.2, -0.15) is 5.06 Å². The van der Waals surface area contributed by atoms with E-state index in [0.717, 1.165) is 4.90 Å². The maximum Gasteiger partial charge on any atom is 0.257 e.